The van der Waals surface area contributed by atoms with Gasteiger partial charge >= 0.3 is 5.97 Å². The Balaban J connectivity index is 1.73. The number of fused-ring (bicyclic) bond motifs is 1. The summed E-state index contributed by atoms with van der Waals surface area (Å²) in [6, 6.07) is 7.17. The number of ether oxygens (including phenoxy) is 3. The third-order valence-corrected chi connectivity index (χ3v) is 4.51. The number of nitrogens with one attached hydrogen (secondary N) is 1. The highest BCUT2D eigenvalue weighted by molar-refractivity contribution is 7.15. The van der Waals surface area contributed by atoms with Crippen LogP contribution in [0, 0.1) is 6.92 Å². The minimum Gasteiger partial charge on any atom is -0.485 e. The number of esters is 1. The Morgan fingerprint density at radius 2 is 2.08 bits per heavy atom. The number of benzene rings is 1. The van der Waals surface area contributed by atoms with Crippen LogP contribution in [-0.2, 0) is 9.53 Å². The highest BCUT2D eigenvalue weighted by atomic mass is 32.1. The van der Waals surface area contributed by atoms with Gasteiger partial charge < -0.3 is 19.5 Å². The molecule has 1 aromatic heterocycles. The molecule has 1 aliphatic heterocycles. The van der Waals surface area contributed by atoms with E-state index < -0.39 is 12.1 Å². The van der Waals surface area contributed by atoms with Crippen molar-refractivity contribution in [2.75, 3.05) is 18.5 Å². The number of carbonyl (C=O) groups excluding carboxylic acids is 2. The first-order valence-electron chi connectivity index (χ1n) is 7.54. The summed E-state index contributed by atoms with van der Waals surface area (Å²) >= 11 is 1.28. The molecule has 6 nitrogen and oxygen atoms in total. The largest absolute Gasteiger partial charge is 0.485 e. The van der Waals surface area contributed by atoms with Gasteiger partial charge in [-0.05, 0) is 36.9 Å². The van der Waals surface area contributed by atoms with Gasteiger partial charge in [0.15, 0.2) is 11.5 Å². The molecule has 1 amide bonds. The Bertz CT molecular complexity index is 770. The molecule has 0 saturated heterocycles. The lowest BCUT2D eigenvalue weighted by atomic mass is 10.2. The van der Waals surface area contributed by atoms with E-state index in [1.54, 1.807) is 31.4 Å². The standard InChI is InChI=1S/C17H17NO5S/c1-3-21-17(20)14-10(2)9-24-16(14)18-15(19)13-8-22-11-6-4-5-7-12(11)23-13/h4-7,9,13H,3,8H2,1-2H3,(H,18,19). The average Bonchev–Trinajstić information content (AvgIpc) is 2.95. The molecule has 1 aromatic carbocycles. The van der Waals surface area contributed by atoms with Crippen LogP contribution in [0.4, 0.5) is 5.00 Å². The lowest BCUT2D eigenvalue weighted by molar-refractivity contribution is -0.125. The van der Waals surface area contributed by atoms with Crippen LogP contribution in [0.5, 0.6) is 11.5 Å². The van der Waals surface area contributed by atoms with Gasteiger partial charge in [-0.3, -0.25) is 4.79 Å². The summed E-state index contributed by atoms with van der Waals surface area (Å²) in [5, 5.41) is 5.00. The number of carbonyl (C=O) groups is 2. The fraction of sp³-hybridized carbons (Fsp3) is 0.294. The van der Waals surface area contributed by atoms with Gasteiger partial charge in [-0.1, -0.05) is 12.1 Å². The maximum Gasteiger partial charge on any atom is 0.341 e. The van der Waals surface area contributed by atoms with Gasteiger partial charge in [-0.15, -0.1) is 11.3 Å². The summed E-state index contributed by atoms with van der Waals surface area (Å²) in [6.07, 6.45) is -0.780. The first-order valence-corrected chi connectivity index (χ1v) is 8.42. The molecule has 0 spiro atoms. The second-order valence-electron chi connectivity index (χ2n) is 5.20. The van der Waals surface area contributed by atoms with E-state index in [-0.39, 0.29) is 19.1 Å². The minimum absolute atomic E-state index is 0.113. The Morgan fingerprint density at radius 1 is 1.33 bits per heavy atom. The molecule has 1 N–H and O–H groups in total. The van der Waals surface area contributed by atoms with E-state index in [2.05, 4.69) is 5.32 Å². The lowest BCUT2D eigenvalue weighted by Gasteiger charge is -2.25. The van der Waals surface area contributed by atoms with Gasteiger partial charge in [0.25, 0.3) is 5.91 Å². The Hall–Kier alpha value is -2.54. The zero-order valence-electron chi connectivity index (χ0n) is 13.3. The predicted octanol–water partition coefficient (Wildman–Crippen LogP) is 3.01. The summed E-state index contributed by atoms with van der Waals surface area (Å²) in [5.74, 6) is 0.326. The molecule has 7 heteroatoms. The molecule has 1 atom stereocenters. The van der Waals surface area contributed by atoms with Crippen LogP contribution >= 0.6 is 11.3 Å². The Morgan fingerprint density at radius 3 is 2.83 bits per heavy atom. The van der Waals surface area contributed by atoms with E-state index in [9.17, 15) is 9.59 Å². The summed E-state index contributed by atoms with van der Waals surface area (Å²) in [5.41, 5.74) is 1.15. The summed E-state index contributed by atoms with van der Waals surface area (Å²) in [6.45, 7) is 3.93. The number of hydrogen-bond donors (Lipinski definition) is 1. The zero-order valence-corrected chi connectivity index (χ0v) is 14.1. The van der Waals surface area contributed by atoms with Crippen LogP contribution in [0.2, 0.25) is 0 Å². The quantitative estimate of drug-likeness (QED) is 0.861. The summed E-state index contributed by atoms with van der Waals surface area (Å²) < 4.78 is 16.3. The van der Waals surface area contributed by atoms with Crippen molar-refractivity contribution in [1.82, 2.24) is 0 Å². The smallest absolute Gasteiger partial charge is 0.341 e. The molecule has 1 unspecified atom stereocenters. The van der Waals surface area contributed by atoms with Gasteiger partial charge in [-0.2, -0.15) is 0 Å². The van der Waals surface area contributed by atoms with E-state index in [1.165, 1.54) is 11.3 Å². The molecule has 126 valence electrons. The highest BCUT2D eigenvalue weighted by Crippen LogP contribution is 2.32. The van der Waals surface area contributed by atoms with Crippen molar-refractivity contribution < 1.29 is 23.8 Å². The number of anilines is 1. The number of thiophene rings is 1. The van der Waals surface area contributed by atoms with Crippen LogP contribution in [0.25, 0.3) is 0 Å². The molecule has 2 aromatic rings. The van der Waals surface area contributed by atoms with E-state index in [4.69, 9.17) is 14.2 Å². The molecular formula is C17H17NO5S. The summed E-state index contributed by atoms with van der Waals surface area (Å²) in [4.78, 5) is 24.5. The van der Waals surface area contributed by atoms with Crippen molar-refractivity contribution in [1.29, 1.82) is 0 Å². The van der Waals surface area contributed by atoms with Gasteiger partial charge in [0.1, 0.15) is 11.6 Å². The molecule has 0 bridgehead atoms. The topological polar surface area (TPSA) is 73.9 Å². The maximum absolute atomic E-state index is 12.5. The minimum atomic E-state index is -0.780. The molecule has 24 heavy (non-hydrogen) atoms. The number of rotatable bonds is 4. The van der Waals surface area contributed by atoms with Crippen LogP contribution in [0.3, 0.4) is 0 Å². The molecule has 1 aliphatic rings. The number of para-hydroxylation sites is 2. The molecule has 0 aliphatic carbocycles. The number of aryl methyl sites for hydroxylation is 1. The van der Waals surface area contributed by atoms with Gasteiger partial charge in [0.2, 0.25) is 6.10 Å². The van der Waals surface area contributed by atoms with Crippen LogP contribution < -0.4 is 14.8 Å². The van der Waals surface area contributed by atoms with Gasteiger partial charge in [0.05, 0.1) is 12.2 Å². The zero-order chi connectivity index (χ0) is 17.1. The second-order valence-corrected chi connectivity index (χ2v) is 6.08. The fourth-order valence-electron chi connectivity index (χ4n) is 2.33. The van der Waals surface area contributed by atoms with E-state index >= 15 is 0 Å². The third-order valence-electron chi connectivity index (χ3n) is 3.49. The molecule has 0 radical (unpaired) electrons. The normalized spacial score (nSPS) is 15.7. The van der Waals surface area contributed by atoms with E-state index in [0.29, 0.717) is 22.1 Å². The third kappa shape index (κ3) is 3.21. The van der Waals surface area contributed by atoms with Crippen LogP contribution in [0.1, 0.15) is 22.8 Å². The van der Waals surface area contributed by atoms with Crippen molar-refractivity contribution >= 4 is 28.2 Å². The second kappa shape index (κ2) is 6.92. The van der Waals surface area contributed by atoms with E-state index in [1.807, 2.05) is 12.1 Å². The first kappa shape index (κ1) is 16.3. The molecule has 2 heterocycles. The predicted molar refractivity (Wildman–Crippen MR) is 90.0 cm³/mol. The van der Waals surface area contributed by atoms with Crippen molar-refractivity contribution in [2.24, 2.45) is 0 Å². The number of hydrogen-bond acceptors (Lipinski definition) is 6. The van der Waals surface area contributed by atoms with Crippen LogP contribution in [-0.4, -0.2) is 31.2 Å². The monoisotopic (exact) mass is 347 g/mol. The Kier molecular flexibility index (Phi) is 4.71. The lowest BCUT2D eigenvalue weighted by Crippen LogP contribution is -2.40. The van der Waals surface area contributed by atoms with Gasteiger partial charge in [0, 0.05) is 0 Å². The van der Waals surface area contributed by atoms with Crippen molar-refractivity contribution in [3.8, 4) is 11.5 Å². The molecular weight excluding hydrogens is 330 g/mol. The van der Waals surface area contributed by atoms with Crippen molar-refractivity contribution in [3.63, 3.8) is 0 Å². The SMILES string of the molecule is CCOC(=O)c1c(C)csc1NC(=O)C1COc2ccccc2O1. The first-order chi connectivity index (χ1) is 11.6. The van der Waals surface area contributed by atoms with Crippen molar-refractivity contribution in [2.45, 2.75) is 20.0 Å². The highest BCUT2D eigenvalue weighted by Gasteiger charge is 2.29. The molecule has 0 fully saturated rings. The maximum atomic E-state index is 12.5. The number of amides is 1. The Labute approximate surface area is 143 Å². The average molecular weight is 347 g/mol. The van der Waals surface area contributed by atoms with Crippen molar-refractivity contribution in [3.05, 3.63) is 40.8 Å². The fourth-order valence-corrected chi connectivity index (χ4v) is 3.27. The van der Waals surface area contributed by atoms with Crippen LogP contribution in [0.15, 0.2) is 29.6 Å². The van der Waals surface area contributed by atoms with Gasteiger partial charge in [-0.25, -0.2) is 4.79 Å². The molecule has 3 rings (SSSR count). The molecule has 0 saturated carbocycles. The summed E-state index contributed by atoms with van der Waals surface area (Å²) in [7, 11) is 0. The van der Waals surface area contributed by atoms with E-state index in [0.717, 1.165) is 5.56 Å².